The van der Waals surface area contributed by atoms with Crippen molar-refractivity contribution in [3.63, 3.8) is 0 Å². The fourth-order valence-electron chi connectivity index (χ4n) is 5.76. The van der Waals surface area contributed by atoms with Crippen molar-refractivity contribution < 1.29 is 9.47 Å². The van der Waals surface area contributed by atoms with Crippen molar-refractivity contribution in [1.82, 2.24) is 0 Å². The molecule has 0 aliphatic carbocycles. The molecular formula is C39H37NO2. The van der Waals surface area contributed by atoms with Crippen LogP contribution in [0.25, 0.3) is 34.4 Å². The smallest absolute Gasteiger partial charge is 0.126 e. The molecular weight excluding hydrogens is 514 g/mol. The first-order valence-corrected chi connectivity index (χ1v) is 14.7. The van der Waals surface area contributed by atoms with Gasteiger partial charge in [-0.2, -0.15) is 0 Å². The van der Waals surface area contributed by atoms with E-state index in [0.717, 1.165) is 68.4 Å². The lowest BCUT2D eigenvalue weighted by atomic mass is 9.93. The predicted molar refractivity (Wildman–Crippen MR) is 177 cm³/mol. The molecule has 1 atom stereocenters. The van der Waals surface area contributed by atoms with Gasteiger partial charge in [-0.05, 0) is 84.0 Å². The van der Waals surface area contributed by atoms with E-state index in [1.165, 1.54) is 11.1 Å². The van der Waals surface area contributed by atoms with Crippen LogP contribution in [0.5, 0.6) is 11.5 Å². The number of nitrogens with zero attached hydrogens (tertiary/aromatic N) is 1. The summed E-state index contributed by atoms with van der Waals surface area (Å²) in [4.78, 5) is 2.36. The van der Waals surface area contributed by atoms with Gasteiger partial charge in [-0.15, -0.1) is 0 Å². The molecule has 0 saturated heterocycles. The first-order valence-electron chi connectivity index (χ1n) is 14.7. The summed E-state index contributed by atoms with van der Waals surface area (Å²) in [6, 6.07) is 37.0. The first-order chi connectivity index (χ1) is 20.5. The summed E-state index contributed by atoms with van der Waals surface area (Å²) in [6.07, 6.45) is 5.47. The fourth-order valence-corrected chi connectivity index (χ4v) is 5.76. The van der Waals surface area contributed by atoms with Crippen molar-refractivity contribution in [2.24, 2.45) is 0 Å². The van der Waals surface area contributed by atoms with E-state index in [2.05, 4.69) is 135 Å². The summed E-state index contributed by atoms with van der Waals surface area (Å²) in [5, 5.41) is 0. The number of fused-ring (bicyclic) bond motifs is 5. The third-order valence-corrected chi connectivity index (χ3v) is 8.41. The van der Waals surface area contributed by atoms with Gasteiger partial charge in [-0.3, -0.25) is 0 Å². The minimum atomic E-state index is 0.561. The number of ether oxygens (including phenoxy) is 2. The second kappa shape index (κ2) is 11.6. The molecule has 0 saturated carbocycles. The van der Waals surface area contributed by atoms with Crippen molar-refractivity contribution in [2.75, 3.05) is 19.1 Å². The minimum absolute atomic E-state index is 0.561. The Bertz CT molecular complexity index is 1750. The van der Waals surface area contributed by atoms with Gasteiger partial charge in [0.05, 0.1) is 25.6 Å². The molecule has 1 unspecified atom stereocenters. The lowest BCUT2D eigenvalue weighted by Crippen LogP contribution is -2.11. The van der Waals surface area contributed by atoms with Crippen LogP contribution in [0.3, 0.4) is 0 Å². The van der Waals surface area contributed by atoms with Gasteiger partial charge in [0.1, 0.15) is 11.5 Å². The van der Waals surface area contributed by atoms with E-state index < -0.39 is 0 Å². The van der Waals surface area contributed by atoms with Crippen molar-refractivity contribution in [2.45, 2.75) is 33.1 Å². The van der Waals surface area contributed by atoms with Gasteiger partial charge in [0, 0.05) is 22.4 Å². The molecule has 0 spiro atoms. The molecule has 0 fully saturated rings. The Labute approximate surface area is 249 Å². The molecule has 0 aromatic heterocycles. The molecule has 5 aromatic rings. The number of rotatable bonds is 7. The Morgan fingerprint density at radius 2 is 1.38 bits per heavy atom. The monoisotopic (exact) mass is 551 g/mol. The Morgan fingerprint density at radius 3 is 2.02 bits per heavy atom. The van der Waals surface area contributed by atoms with Crippen LogP contribution < -0.4 is 14.4 Å². The summed E-state index contributed by atoms with van der Waals surface area (Å²) in [5.41, 5.74) is 12.7. The van der Waals surface area contributed by atoms with Gasteiger partial charge < -0.3 is 14.4 Å². The third-order valence-electron chi connectivity index (χ3n) is 8.41. The molecule has 1 heterocycles. The standard InChI is InChI=1S/C39H37NO2/c1-6-27(3)29-16-13-28(14-17-29)15-18-30-23-38-36(25-39(30)42-5)34-10-8-7-9-33(34)35-24-32(41-4)21-22-37(35)40(38)31-19-11-26(2)12-20-31/h7-25,27H,6H2,1-5H3/b18-15+. The van der Waals surface area contributed by atoms with Gasteiger partial charge in [0.2, 0.25) is 0 Å². The summed E-state index contributed by atoms with van der Waals surface area (Å²) < 4.78 is 11.7. The lowest BCUT2D eigenvalue weighted by Gasteiger charge is -2.28. The van der Waals surface area contributed by atoms with E-state index in [9.17, 15) is 0 Å². The Morgan fingerprint density at radius 1 is 0.690 bits per heavy atom. The number of hydrogen-bond acceptors (Lipinski definition) is 3. The highest BCUT2D eigenvalue weighted by Crippen LogP contribution is 2.52. The maximum atomic E-state index is 6.00. The Hall–Kier alpha value is -4.76. The average molecular weight is 552 g/mol. The molecule has 0 bridgehead atoms. The molecule has 210 valence electrons. The Balaban J connectivity index is 1.56. The van der Waals surface area contributed by atoms with E-state index in [1.807, 2.05) is 6.07 Å². The molecule has 3 nitrogen and oxygen atoms in total. The molecule has 0 radical (unpaired) electrons. The van der Waals surface area contributed by atoms with Crippen LogP contribution in [0.4, 0.5) is 17.1 Å². The Kier molecular flexibility index (Phi) is 7.58. The predicted octanol–water partition coefficient (Wildman–Crippen LogP) is 10.8. The molecule has 42 heavy (non-hydrogen) atoms. The fraction of sp³-hybridized carbons (Fsp3) is 0.179. The van der Waals surface area contributed by atoms with Crippen LogP contribution >= 0.6 is 0 Å². The number of methoxy groups -OCH3 is 2. The average Bonchev–Trinajstić information content (AvgIpc) is 3.15. The largest absolute Gasteiger partial charge is 0.497 e. The van der Waals surface area contributed by atoms with E-state index in [1.54, 1.807) is 14.2 Å². The highest BCUT2D eigenvalue weighted by atomic mass is 16.5. The third kappa shape index (κ3) is 5.07. The number of benzene rings is 5. The number of anilines is 3. The van der Waals surface area contributed by atoms with Gasteiger partial charge >= 0.3 is 0 Å². The van der Waals surface area contributed by atoms with Crippen molar-refractivity contribution in [3.8, 4) is 33.8 Å². The second-order valence-corrected chi connectivity index (χ2v) is 11.0. The van der Waals surface area contributed by atoms with E-state index in [0.29, 0.717) is 5.92 Å². The number of aryl methyl sites for hydroxylation is 1. The van der Waals surface area contributed by atoms with Crippen LogP contribution in [-0.2, 0) is 0 Å². The first kappa shape index (κ1) is 27.4. The van der Waals surface area contributed by atoms with Gasteiger partial charge in [-0.25, -0.2) is 0 Å². The second-order valence-electron chi connectivity index (χ2n) is 11.0. The topological polar surface area (TPSA) is 21.7 Å². The molecule has 3 heteroatoms. The molecule has 5 aromatic carbocycles. The normalized spacial score (nSPS) is 12.7. The van der Waals surface area contributed by atoms with E-state index in [-0.39, 0.29) is 0 Å². The SMILES string of the molecule is CCC(C)c1ccc(/C=C/c2cc3c(cc2OC)-c2ccccc2-c2cc(OC)ccc2N3c2ccc(C)cc2)cc1. The van der Waals surface area contributed by atoms with Crippen molar-refractivity contribution in [3.05, 3.63) is 125 Å². The summed E-state index contributed by atoms with van der Waals surface area (Å²) in [7, 11) is 3.47. The lowest BCUT2D eigenvalue weighted by molar-refractivity contribution is 0.414. The van der Waals surface area contributed by atoms with Crippen LogP contribution in [0.15, 0.2) is 103 Å². The summed E-state index contributed by atoms with van der Waals surface area (Å²) in [6.45, 7) is 6.63. The van der Waals surface area contributed by atoms with Gasteiger partial charge in [0.15, 0.2) is 0 Å². The number of hydrogen-bond donors (Lipinski definition) is 0. The van der Waals surface area contributed by atoms with Crippen LogP contribution in [0.2, 0.25) is 0 Å². The van der Waals surface area contributed by atoms with Crippen LogP contribution in [-0.4, -0.2) is 14.2 Å². The van der Waals surface area contributed by atoms with Crippen molar-refractivity contribution in [1.29, 1.82) is 0 Å². The van der Waals surface area contributed by atoms with Crippen molar-refractivity contribution >= 4 is 29.2 Å². The quantitative estimate of drug-likeness (QED) is 0.184. The summed E-state index contributed by atoms with van der Waals surface area (Å²) in [5.74, 6) is 2.23. The van der Waals surface area contributed by atoms with Crippen LogP contribution in [0.1, 0.15) is 48.4 Å². The van der Waals surface area contributed by atoms with E-state index in [4.69, 9.17) is 9.47 Å². The minimum Gasteiger partial charge on any atom is -0.497 e. The zero-order valence-electron chi connectivity index (χ0n) is 25.0. The summed E-state index contributed by atoms with van der Waals surface area (Å²) >= 11 is 0. The zero-order valence-corrected chi connectivity index (χ0v) is 25.0. The highest BCUT2D eigenvalue weighted by Gasteiger charge is 2.27. The molecule has 0 N–H and O–H groups in total. The highest BCUT2D eigenvalue weighted by molar-refractivity contribution is 6.03. The van der Waals surface area contributed by atoms with E-state index >= 15 is 0 Å². The molecule has 1 aliphatic rings. The van der Waals surface area contributed by atoms with Gasteiger partial charge in [0.25, 0.3) is 0 Å². The molecule has 1 aliphatic heterocycles. The maximum absolute atomic E-state index is 6.00. The van der Waals surface area contributed by atoms with Gasteiger partial charge in [-0.1, -0.05) is 92.2 Å². The zero-order chi connectivity index (χ0) is 29.2. The maximum Gasteiger partial charge on any atom is 0.126 e. The molecule has 0 amide bonds. The molecule has 6 rings (SSSR count). The van der Waals surface area contributed by atoms with Crippen LogP contribution in [0, 0.1) is 6.92 Å².